The Morgan fingerprint density at radius 1 is 1.45 bits per heavy atom. The van der Waals surface area contributed by atoms with Crippen LogP contribution >= 0.6 is 11.6 Å². The molecule has 1 N–H and O–H groups in total. The lowest BCUT2D eigenvalue weighted by atomic mass is 10.2. The number of carbonyl (C=O) groups excluding carboxylic acids is 1. The van der Waals surface area contributed by atoms with Crippen molar-refractivity contribution in [1.29, 1.82) is 0 Å². The van der Waals surface area contributed by atoms with E-state index in [4.69, 9.17) is 16.3 Å². The molecule has 9 heteroatoms. The quantitative estimate of drug-likeness (QED) is 0.852. The molecule has 0 amide bonds. The molecule has 0 aliphatic rings. The maximum atomic E-state index is 13.6. The third kappa shape index (κ3) is 3.91. The first-order valence-corrected chi connectivity index (χ1v) is 6.78. The summed E-state index contributed by atoms with van der Waals surface area (Å²) in [6.45, 7) is 6.93. The summed E-state index contributed by atoms with van der Waals surface area (Å²) in [7, 11) is 0. The third-order valence-electron chi connectivity index (χ3n) is 2.42. The molecule has 0 fully saturated rings. The molecule has 0 saturated heterocycles. The van der Waals surface area contributed by atoms with Gasteiger partial charge in [0.1, 0.15) is 5.60 Å². The average Bonchev–Trinajstić information content (AvgIpc) is 2.73. The molecular formula is C13H15ClFN5O2. The van der Waals surface area contributed by atoms with Gasteiger partial charge in [-0.2, -0.15) is 9.67 Å². The van der Waals surface area contributed by atoms with Crippen LogP contribution in [0.25, 0.3) is 0 Å². The Hall–Kier alpha value is -2.22. The molecule has 118 valence electrons. The lowest BCUT2D eigenvalue weighted by Gasteiger charge is -2.19. The van der Waals surface area contributed by atoms with Crippen molar-refractivity contribution >= 4 is 29.3 Å². The molecule has 2 aromatic rings. The third-order valence-corrected chi connectivity index (χ3v) is 2.60. The van der Waals surface area contributed by atoms with Crippen molar-refractivity contribution in [3.63, 3.8) is 0 Å². The first-order valence-electron chi connectivity index (χ1n) is 6.41. The molecule has 0 spiro atoms. The number of ether oxygens (including phenoxy) is 1. The van der Waals surface area contributed by atoms with Crippen molar-refractivity contribution in [2.75, 3.05) is 5.32 Å². The van der Waals surface area contributed by atoms with Gasteiger partial charge < -0.3 is 10.1 Å². The molecular weight excluding hydrogens is 313 g/mol. The molecule has 0 aliphatic carbocycles. The van der Waals surface area contributed by atoms with Gasteiger partial charge in [0.2, 0.25) is 5.28 Å². The Kier molecular flexibility index (Phi) is 4.32. The first-order chi connectivity index (χ1) is 10.2. The van der Waals surface area contributed by atoms with Gasteiger partial charge in [0.15, 0.2) is 17.5 Å². The van der Waals surface area contributed by atoms with E-state index < -0.39 is 17.5 Å². The molecule has 22 heavy (non-hydrogen) atoms. The van der Waals surface area contributed by atoms with Gasteiger partial charge in [-0.05, 0) is 39.3 Å². The molecule has 0 atom stereocenters. The van der Waals surface area contributed by atoms with Crippen molar-refractivity contribution in [2.45, 2.75) is 33.3 Å². The van der Waals surface area contributed by atoms with Crippen molar-refractivity contribution in [1.82, 2.24) is 19.7 Å². The molecule has 0 aliphatic heterocycles. The van der Waals surface area contributed by atoms with Gasteiger partial charge in [0.05, 0.1) is 6.20 Å². The predicted octanol–water partition coefficient (Wildman–Crippen LogP) is 3.30. The van der Waals surface area contributed by atoms with Crippen LogP contribution in [0, 0.1) is 12.7 Å². The highest BCUT2D eigenvalue weighted by atomic mass is 35.5. The lowest BCUT2D eigenvalue weighted by Crippen LogP contribution is -2.28. The van der Waals surface area contributed by atoms with Crippen molar-refractivity contribution < 1.29 is 13.9 Å². The molecule has 2 heterocycles. The van der Waals surface area contributed by atoms with E-state index in [1.165, 1.54) is 0 Å². The zero-order chi connectivity index (χ0) is 16.5. The fourth-order valence-corrected chi connectivity index (χ4v) is 1.71. The van der Waals surface area contributed by atoms with E-state index >= 15 is 0 Å². The zero-order valence-corrected chi connectivity index (χ0v) is 13.3. The van der Waals surface area contributed by atoms with E-state index in [0.717, 1.165) is 10.9 Å². The predicted molar refractivity (Wildman–Crippen MR) is 78.9 cm³/mol. The summed E-state index contributed by atoms with van der Waals surface area (Å²) in [5.41, 5.74) is -0.118. The second kappa shape index (κ2) is 5.88. The molecule has 0 aromatic carbocycles. The van der Waals surface area contributed by atoms with Crippen LogP contribution < -0.4 is 5.32 Å². The van der Waals surface area contributed by atoms with Gasteiger partial charge >= 0.3 is 6.09 Å². The van der Waals surface area contributed by atoms with Crippen LogP contribution in [0.2, 0.25) is 5.28 Å². The fraction of sp³-hybridized carbons (Fsp3) is 0.385. The van der Waals surface area contributed by atoms with Crippen LogP contribution in [0.15, 0.2) is 12.3 Å². The second-order valence-corrected chi connectivity index (χ2v) is 5.86. The molecule has 2 aromatic heterocycles. The minimum absolute atomic E-state index is 0.104. The lowest BCUT2D eigenvalue weighted by molar-refractivity contribution is 0.0511. The highest BCUT2D eigenvalue weighted by Gasteiger charge is 2.20. The Labute approximate surface area is 131 Å². The van der Waals surface area contributed by atoms with Gasteiger partial charge in [0.25, 0.3) is 0 Å². The molecule has 7 nitrogen and oxygen atoms in total. The summed E-state index contributed by atoms with van der Waals surface area (Å²) >= 11 is 5.61. The van der Waals surface area contributed by atoms with Crippen LogP contribution in [0.1, 0.15) is 26.5 Å². The van der Waals surface area contributed by atoms with Crippen LogP contribution in [0.5, 0.6) is 0 Å². The van der Waals surface area contributed by atoms with Gasteiger partial charge in [-0.1, -0.05) is 0 Å². The largest absolute Gasteiger partial charge is 0.442 e. The monoisotopic (exact) mass is 327 g/mol. The maximum Gasteiger partial charge on any atom is 0.435 e. The number of aryl methyl sites for hydroxylation is 1. The Bertz CT molecular complexity index is 711. The Morgan fingerprint density at radius 2 is 2.14 bits per heavy atom. The summed E-state index contributed by atoms with van der Waals surface area (Å²) in [6.07, 6.45) is 0.314. The number of anilines is 2. The number of nitrogens with one attached hydrogen (secondary N) is 1. The number of hydrogen-bond acceptors (Lipinski definition) is 6. The smallest absolute Gasteiger partial charge is 0.435 e. The standard InChI is InChI=1S/C13H15ClFN5O2/c1-7-5-9(17-10-8(15)6-16-11(14)18-10)19-20(7)12(21)22-13(2,3)4/h5-6H,1-4H3,(H,16,17,18,19). The zero-order valence-electron chi connectivity index (χ0n) is 12.5. The molecule has 2 rings (SSSR count). The van der Waals surface area contributed by atoms with E-state index in [9.17, 15) is 9.18 Å². The van der Waals surface area contributed by atoms with Crippen molar-refractivity contribution in [2.24, 2.45) is 0 Å². The van der Waals surface area contributed by atoms with Crippen molar-refractivity contribution in [3.8, 4) is 0 Å². The summed E-state index contributed by atoms with van der Waals surface area (Å²) in [5.74, 6) is -0.584. The Balaban J connectivity index is 2.23. The number of rotatable bonds is 2. The molecule has 0 bridgehead atoms. The van der Waals surface area contributed by atoms with E-state index in [1.54, 1.807) is 33.8 Å². The normalized spacial score (nSPS) is 11.4. The van der Waals surface area contributed by atoms with Gasteiger partial charge in [-0.3, -0.25) is 0 Å². The van der Waals surface area contributed by atoms with E-state index in [0.29, 0.717) is 5.69 Å². The Morgan fingerprint density at radius 3 is 2.77 bits per heavy atom. The summed E-state index contributed by atoms with van der Waals surface area (Å²) in [5, 5.41) is 6.56. The number of aromatic nitrogens is 4. The second-order valence-electron chi connectivity index (χ2n) is 5.52. The number of nitrogens with zero attached hydrogens (tertiary/aromatic N) is 4. The number of halogens is 2. The van der Waals surface area contributed by atoms with Gasteiger partial charge in [-0.15, -0.1) is 5.10 Å². The highest BCUT2D eigenvalue weighted by molar-refractivity contribution is 6.28. The van der Waals surface area contributed by atoms with Crippen molar-refractivity contribution in [3.05, 3.63) is 29.1 Å². The first kappa shape index (κ1) is 16.2. The van der Waals surface area contributed by atoms with Crippen LogP contribution in [0.4, 0.5) is 20.8 Å². The molecule has 0 unspecified atom stereocenters. The summed E-state index contributed by atoms with van der Waals surface area (Å²) < 4.78 is 19.9. The average molecular weight is 328 g/mol. The van der Waals surface area contributed by atoms with E-state index in [2.05, 4.69) is 20.4 Å². The maximum absolute atomic E-state index is 13.6. The fourth-order valence-electron chi connectivity index (χ4n) is 1.58. The summed E-state index contributed by atoms with van der Waals surface area (Å²) in [6, 6.07) is 1.55. The van der Waals surface area contributed by atoms with E-state index in [1.807, 2.05) is 0 Å². The summed E-state index contributed by atoms with van der Waals surface area (Å²) in [4.78, 5) is 19.2. The minimum atomic E-state index is -0.686. The number of carbonyl (C=O) groups is 1. The number of hydrogen-bond donors (Lipinski definition) is 1. The van der Waals surface area contributed by atoms with E-state index in [-0.39, 0.29) is 16.9 Å². The van der Waals surface area contributed by atoms with Gasteiger partial charge in [-0.25, -0.2) is 14.2 Å². The van der Waals surface area contributed by atoms with Crippen LogP contribution in [-0.4, -0.2) is 31.4 Å². The topological polar surface area (TPSA) is 81.9 Å². The van der Waals surface area contributed by atoms with Crippen LogP contribution in [-0.2, 0) is 4.74 Å². The van der Waals surface area contributed by atoms with Crippen LogP contribution in [0.3, 0.4) is 0 Å². The molecule has 0 saturated carbocycles. The van der Waals surface area contributed by atoms with Gasteiger partial charge in [0, 0.05) is 11.8 Å². The minimum Gasteiger partial charge on any atom is -0.442 e. The SMILES string of the molecule is Cc1cc(Nc2nc(Cl)ncc2F)nn1C(=O)OC(C)(C)C. The molecule has 0 radical (unpaired) electrons. The highest BCUT2D eigenvalue weighted by Crippen LogP contribution is 2.19.